The Balaban J connectivity index is 1.54. The number of ether oxygens (including phenoxy) is 3. The van der Waals surface area contributed by atoms with Gasteiger partial charge in [-0.25, -0.2) is 4.79 Å². The normalized spacial score (nSPS) is 13.2. The van der Waals surface area contributed by atoms with Gasteiger partial charge in [-0.2, -0.15) is 0 Å². The van der Waals surface area contributed by atoms with Crippen molar-refractivity contribution >= 4 is 29.2 Å². The Morgan fingerprint density at radius 1 is 1.12 bits per heavy atom. The lowest BCUT2D eigenvalue weighted by atomic mass is 10.1. The van der Waals surface area contributed by atoms with Crippen molar-refractivity contribution in [3.63, 3.8) is 0 Å². The highest BCUT2D eigenvalue weighted by Crippen LogP contribution is 2.29. The molecule has 3 rings (SSSR count). The number of hydrogen-bond donors (Lipinski definition) is 1. The monoisotopic (exact) mass is 454 g/mol. The van der Waals surface area contributed by atoms with Gasteiger partial charge in [0.15, 0.2) is 18.1 Å². The van der Waals surface area contributed by atoms with Gasteiger partial charge in [0.1, 0.15) is 0 Å². The van der Waals surface area contributed by atoms with Crippen molar-refractivity contribution in [2.24, 2.45) is 5.92 Å². The zero-order chi connectivity index (χ0) is 23.8. The van der Waals surface area contributed by atoms with E-state index < -0.39 is 18.5 Å². The van der Waals surface area contributed by atoms with Crippen LogP contribution in [0.3, 0.4) is 0 Å². The van der Waals surface area contributed by atoms with E-state index in [4.69, 9.17) is 14.2 Å². The maximum Gasteiger partial charge on any atom is 0.338 e. The van der Waals surface area contributed by atoms with Crippen LogP contribution in [-0.2, 0) is 14.3 Å². The first-order chi connectivity index (χ1) is 15.9. The number of esters is 1. The van der Waals surface area contributed by atoms with Crippen LogP contribution in [0.25, 0.3) is 0 Å². The number of benzene rings is 2. The first-order valence-corrected chi connectivity index (χ1v) is 11.1. The molecule has 33 heavy (non-hydrogen) atoms. The number of rotatable bonds is 10. The Kier molecular flexibility index (Phi) is 8.29. The summed E-state index contributed by atoms with van der Waals surface area (Å²) in [6.45, 7) is 4.99. The largest absolute Gasteiger partial charge is 0.493 e. The highest BCUT2D eigenvalue weighted by atomic mass is 16.5. The quantitative estimate of drug-likeness (QED) is 0.545. The average Bonchev–Trinajstić information content (AvgIpc) is 3.23. The smallest absolute Gasteiger partial charge is 0.338 e. The number of hydrogen-bond acceptors (Lipinski definition) is 6. The minimum atomic E-state index is -0.645. The maximum atomic E-state index is 12.4. The summed E-state index contributed by atoms with van der Waals surface area (Å²) in [5.74, 6) is 0.429. The van der Waals surface area contributed by atoms with Crippen molar-refractivity contribution in [1.29, 1.82) is 0 Å². The minimum Gasteiger partial charge on any atom is -0.493 e. The molecule has 0 bridgehead atoms. The summed E-state index contributed by atoms with van der Waals surface area (Å²) in [4.78, 5) is 38.3. The fourth-order valence-corrected chi connectivity index (χ4v) is 3.40. The lowest BCUT2D eigenvalue weighted by Crippen LogP contribution is -2.24. The molecule has 176 valence electrons. The molecule has 0 aliphatic carbocycles. The average molecular weight is 455 g/mol. The summed E-state index contributed by atoms with van der Waals surface area (Å²) in [5, 5.41) is 2.69. The first kappa shape index (κ1) is 24.1. The molecule has 8 heteroatoms. The molecule has 1 aliphatic heterocycles. The van der Waals surface area contributed by atoms with Gasteiger partial charge >= 0.3 is 5.97 Å². The predicted octanol–water partition coefficient (Wildman–Crippen LogP) is 4.04. The van der Waals surface area contributed by atoms with Gasteiger partial charge < -0.3 is 24.4 Å². The number of nitrogens with one attached hydrogen (secondary N) is 1. The molecule has 8 nitrogen and oxygen atoms in total. The van der Waals surface area contributed by atoms with Gasteiger partial charge in [-0.05, 0) is 55.2 Å². The van der Waals surface area contributed by atoms with Gasteiger partial charge in [-0.15, -0.1) is 0 Å². The summed E-state index contributed by atoms with van der Waals surface area (Å²) < 4.78 is 16.2. The van der Waals surface area contributed by atoms with Crippen LogP contribution in [0, 0.1) is 5.92 Å². The van der Waals surface area contributed by atoms with E-state index in [0.717, 1.165) is 18.5 Å². The Bertz CT molecular complexity index is 1000. The number of amides is 2. The number of methoxy groups -OCH3 is 1. The fraction of sp³-hybridized carbons (Fsp3) is 0.400. The summed E-state index contributed by atoms with van der Waals surface area (Å²) in [5.41, 5.74) is 1.51. The third-order valence-electron chi connectivity index (χ3n) is 5.20. The molecule has 0 aromatic heterocycles. The molecule has 1 heterocycles. The van der Waals surface area contributed by atoms with E-state index in [1.165, 1.54) is 13.2 Å². The molecule has 0 saturated carbocycles. The highest BCUT2D eigenvalue weighted by molar-refractivity contribution is 5.98. The van der Waals surface area contributed by atoms with Crippen LogP contribution >= 0.6 is 0 Å². The lowest BCUT2D eigenvalue weighted by Gasteiger charge is -2.16. The van der Waals surface area contributed by atoms with E-state index >= 15 is 0 Å². The van der Waals surface area contributed by atoms with Crippen LogP contribution in [0.5, 0.6) is 11.5 Å². The molecular formula is C25H30N2O6. The second kappa shape index (κ2) is 11.4. The molecule has 1 N–H and O–H groups in total. The number of carbonyl (C=O) groups excluding carboxylic acids is 3. The first-order valence-electron chi connectivity index (χ1n) is 11.1. The van der Waals surface area contributed by atoms with Crippen LogP contribution in [0.1, 0.15) is 43.5 Å². The third-order valence-corrected chi connectivity index (χ3v) is 5.20. The molecule has 2 aromatic rings. The van der Waals surface area contributed by atoms with Crippen LogP contribution in [0.15, 0.2) is 42.5 Å². The topological polar surface area (TPSA) is 94.2 Å². The predicted molar refractivity (Wildman–Crippen MR) is 125 cm³/mol. The molecule has 0 atom stereocenters. The van der Waals surface area contributed by atoms with Crippen molar-refractivity contribution in [3.8, 4) is 11.5 Å². The van der Waals surface area contributed by atoms with Crippen molar-refractivity contribution in [2.45, 2.75) is 33.1 Å². The van der Waals surface area contributed by atoms with Crippen molar-refractivity contribution in [3.05, 3.63) is 48.0 Å². The Labute approximate surface area is 193 Å². The molecule has 0 unspecified atom stereocenters. The van der Waals surface area contributed by atoms with Crippen molar-refractivity contribution in [2.75, 3.05) is 37.1 Å². The molecule has 1 aliphatic rings. The molecule has 2 aromatic carbocycles. The highest BCUT2D eigenvalue weighted by Gasteiger charge is 2.22. The molecule has 1 fully saturated rings. The standard InChI is InChI=1S/C25H30N2O6/c1-17(2)11-13-32-21-10-9-18(14-22(21)31-3)25(30)33-16-23(28)26-19-6-4-7-20(15-19)27-12-5-8-24(27)29/h4,6-7,9-10,14-15,17H,5,8,11-13,16H2,1-3H3,(H,26,28). The van der Waals surface area contributed by atoms with Gasteiger partial charge in [-0.3, -0.25) is 9.59 Å². The summed E-state index contributed by atoms with van der Waals surface area (Å²) in [6, 6.07) is 11.8. The second-order valence-electron chi connectivity index (χ2n) is 8.22. The van der Waals surface area contributed by atoms with E-state index in [1.807, 2.05) is 6.07 Å². The molecule has 0 radical (unpaired) electrons. The van der Waals surface area contributed by atoms with E-state index in [9.17, 15) is 14.4 Å². The van der Waals surface area contributed by atoms with Gasteiger partial charge in [0.25, 0.3) is 5.91 Å². The van der Waals surface area contributed by atoms with Gasteiger partial charge in [-0.1, -0.05) is 19.9 Å². The van der Waals surface area contributed by atoms with Gasteiger partial charge in [0, 0.05) is 24.3 Å². The van der Waals surface area contributed by atoms with Crippen molar-refractivity contribution < 1.29 is 28.6 Å². The zero-order valence-corrected chi connectivity index (χ0v) is 19.3. The second-order valence-corrected chi connectivity index (χ2v) is 8.22. The van der Waals surface area contributed by atoms with E-state index in [2.05, 4.69) is 19.2 Å². The third kappa shape index (κ3) is 6.71. The number of anilines is 2. The Hall–Kier alpha value is -3.55. The summed E-state index contributed by atoms with van der Waals surface area (Å²) in [7, 11) is 1.50. The van der Waals surface area contributed by atoms with Crippen LogP contribution < -0.4 is 19.7 Å². The van der Waals surface area contributed by atoms with Crippen LogP contribution in [-0.4, -0.2) is 44.7 Å². The maximum absolute atomic E-state index is 12.4. The minimum absolute atomic E-state index is 0.0687. The molecule has 2 amide bonds. The Morgan fingerprint density at radius 2 is 1.94 bits per heavy atom. The van der Waals surface area contributed by atoms with E-state index in [0.29, 0.717) is 42.7 Å². The lowest BCUT2D eigenvalue weighted by molar-refractivity contribution is -0.119. The van der Waals surface area contributed by atoms with Crippen molar-refractivity contribution in [1.82, 2.24) is 0 Å². The molecular weight excluding hydrogens is 424 g/mol. The summed E-state index contributed by atoms with van der Waals surface area (Å²) in [6.07, 6.45) is 2.25. The van der Waals surface area contributed by atoms with Crippen LogP contribution in [0.2, 0.25) is 0 Å². The van der Waals surface area contributed by atoms with Crippen LogP contribution in [0.4, 0.5) is 11.4 Å². The molecule has 0 spiro atoms. The molecule has 1 saturated heterocycles. The zero-order valence-electron chi connectivity index (χ0n) is 19.3. The van der Waals surface area contributed by atoms with Gasteiger partial charge in [0.05, 0.1) is 19.3 Å². The van der Waals surface area contributed by atoms with E-state index in [-0.39, 0.29) is 11.5 Å². The Morgan fingerprint density at radius 3 is 2.64 bits per heavy atom. The fourth-order valence-electron chi connectivity index (χ4n) is 3.40. The van der Waals surface area contributed by atoms with E-state index in [1.54, 1.807) is 35.2 Å². The SMILES string of the molecule is COc1cc(C(=O)OCC(=O)Nc2cccc(N3CCCC3=O)c2)ccc1OCCC(C)C. The van der Waals surface area contributed by atoms with Gasteiger partial charge in [0.2, 0.25) is 5.91 Å². The summed E-state index contributed by atoms with van der Waals surface area (Å²) >= 11 is 0. The number of carbonyl (C=O) groups is 3. The number of nitrogens with zero attached hydrogens (tertiary/aromatic N) is 1.